The van der Waals surface area contributed by atoms with Crippen LogP contribution in [-0.4, -0.2) is 5.91 Å². The largest absolute Gasteiger partial charge is 0.344 e. The molecule has 100 valence electrons. The minimum Gasteiger partial charge on any atom is -0.344 e. The van der Waals surface area contributed by atoms with Gasteiger partial charge in [0.25, 0.3) is 5.91 Å². The predicted octanol–water partition coefficient (Wildman–Crippen LogP) is 4.53. The summed E-state index contributed by atoms with van der Waals surface area (Å²) in [7, 11) is 0. The van der Waals surface area contributed by atoms with Gasteiger partial charge in [0, 0.05) is 9.35 Å². The first kappa shape index (κ1) is 14.2. The Labute approximate surface area is 123 Å². The zero-order chi connectivity index (χ0) is 13.8. The van der Waals surface area contributed by atoms with E-state index in [0.717, 1.165) is 11.3 Å². The number of thiophene rings is 1. The van der Waals surface area contributed by atoms with Gasteiger partial charge < -0.3 is 5.32 Å². The maximum atomic E-state index is 13.7. The molecule has 0 fully saturated rings. The molecule has 1 unspecified atom stereocenters. The van der Waals surface area contributed by atoms with Crippen LogP contribution in [-0.2, 0) is 0 Å². The molecule has 19 heavy (non-hydrogen) atoms. The Kier molecular flexibility index (Phi) is 4.71. The third-order valence-electron chi connectivity index (χ3n) is 2.79. The lowest BCUT2D eigenvalue weighted by atomic mass is 10.1. The standard InChI is InChI=1S/C14H13BrFNOS/c1-2-11(12-7-4-8-19-12)17-14(18)13-9(15)5-3-6-10(13)16/h3-8,11H,2H2,1H3,(H,17,18). The van der Waals surface area contributed by atoms with Crippen molar-refractivity contribution in [1.82, 2.24) is 5.32 Å². The Hall–Kier alpha value is -1.20. The van der Waals surface area contributed by atoms with Crippen molar-refractivity contribution in [2.45, 2.75) is 19.4 Å². The average molecular weight is 342 g/mol. The molecule has 0 saturated heterocycles. The molecule has 1 amide bonds. The van der Waals surface area contributed by atoms with Crippen LogP contribution in [0.25, 0.3) is 0 Å². The molecule has 0 bridgehead atoms. The Bertz CT molecular complexity index is 551. The van der Waals surface area contributed by atoms with Crippen LogP contribution in [0, 0.1) is 5.82 Å². The highest BCUT2D eigenvalue weighted by Gasteiger charge is 2.19. The molecule has 1 aromatic heterocycles. The highest BCUT2D eigenvalue weighted by atomic mass is 79.9. The van der Waals surface area contributed by atoms with E-state index in [0.29, 0.717) is 4.47 Å². The number of amides is 1. The average Bonchev–Trinajstić information content (AvgIpc) is 2.89. The highest BCUT2D eigenvalue weighted by molar-refractivity contribution is 9.10. The lowest BCUT2D eigenvalue weighted by Crippen LogP contribution is -2.28. The summed E-state index contributed by atoms with van der Waals surface area (Å²) >= 11 is 4.79. The topological polar surface area (TPSA) is 29.1 Å². The molecule has 1 aromatic carbocycles. The summed E-state index contributed by atoms with van der Waals surface area (Å²) in [4.78, 5) is 13.2. The van der Waals surface area contributed by atoms with Crippen molar-refractivity contribution in [3.05, 3.63) is 56.4 Å². The van der Waals surface area contributed by atoms with Crippen molar-refractivity contribution in [1.29, 1.82) is 0 Å². The normalized spacial score (nSPS) is 12.2. The number of benzene rings is 1. The number of halogens is 2. The third-order valence-corrected chi connectivity index (χ3v) is 4.44. The van der Waals surface area contributed by atoms with Gasteiger partial charge in [-0.15, -0.1) is 11.3 Å². The number of carbonyl (C=O) groups excluding carboxylic acids is 1. The number of hydrogen-bond donors (Lipinski definition) is 1. The molecule has 2 rings (SSSR count). The van der Waals surface area contributed by atoms with Gasteiger partial charge in [-0.05, 0) is 45.9 Å². The van der Waals surface area contributed by atoms with Crippen LogP contribution < -0.4 is 5.32 Å². The van der Waals surface area contributed by atoms with Crippen molar-refractivity contribution in [2.24, 2.45) is 0 Å². The molecule has 0 aliphatic carbocycles. The van der Waals surface area contributed by atoms with Crippen molar-refractivity contribution in [2.75, 3.05) is 0 Å². The Morgan fingerprint density at radius 3 is 2.79 bits per heavy atom. The van der Waals surface area contributed by atoms with E-state index in [2.05, 4.69) is 21.2 Å². The minimum absolute atomic E-state index is 0.0532. The molecule has 0 saturated carbocycles. The minimum atomic E-state index is -0.520. The van der Waals surface area contributed by atoms with E-state index >= 15 is 0 Å². The van der Waals surface area contributed by atoms with Crippen molar-refractivity contribution < 1.29 is 9.18 Å². The van der Waals surface area contributed by atoms with Gasteiger partial charge in [-0.3, -0.25) is 4.79 Å². The van der Waals surface area contributed by atoms with Crippen molar-refractivity contribution in [3.63, 3.8) is 0 Å². The van der Waals surface area contributed by atoms with E-state index in [1.807, 2.05) is 24.4 Å². The zero-order valence-electron chi connectivity index (χ0n) is 10.3. The highest BCUT2D eigenvalue weighted by Crippen LogP contribution is 2.24. The van der Waals surface area contributed by atoms with Crippen molar-refractivity contribution >= 4 is 33.2 Å². The molecule has 0 aliphatic heterocycles. The van der Waals surface area contributed by atoms with Crippen LogP contribution >= 0.6 is 27.3 Å². The molecule has 5 heteroatoms. The quantitative estimate of drug-likeness (QED) is 0.869. The van der Waals surface area contributed by atoms with E-state index in [9.17, 15) is 9.18 Å². The summed E-state index contributed by atoms with van der Waals surface area (Å²) in [5, 5.41) is 4.83. The summed E-state index contributed by atoms with van der Waals surface area (Å²) in [6.45, 7) is 1.99. The molecule has 2 aromatic rings. The van der Waals surface area contributed by atoms with Crippen LogP contribution in [0.15, 0.2) is 40.2 Å². The molecule has 1 heterocycles. The van der Waals surface area contributed by atoms with Gasteiger partial charge in [-0.25, -0.2) is 4.39 Å². The fourth-order valence-corrected chi connectivity index (χ4v) is 3.19. The fraction of sp³-hybridized carbons (Fsp3) is 0.214. The summed E-state index contributed by atoms with van der Waals surface area (Å²) < 4.78 is 14.2. The summed E-state index contributed by atoms with van der Waals surface area (Å²) in [6.07, 6.45) is 0.762. The summed E-state index contributed by atoms with van der Waals surface area (Å²) in [5.74, 6) is -0.918. The van der Waals surface area contributed by atoms with E-state index in [1.165, 1.54) is 6.07 Å². The second-order valence-corrected chi connectivity index (χ2v) is 5.88. The van der Waals surface area contributed by atoms with Gasteiger partial charge >= 0.3 is 0 Å². The van der Waals surface area contributed by atoms with E-state index in [4.69, 9.17) is 0 Å². The number of rotatable bonds is 4. The second-order valence-electron chi connectivity index (χ2n) is 4.05. The lowest BCUT2D eigenvalue weighted by molar-refractivity contribution is 0.0931. The number of nitrogens with one attached hydrogen (secondary N) is 1. The lowest BCUT2D eigenvalue weighted by Gasteiger charge is -2.16. The fourth-order valence-electron chi connectivity index (χ4n) is 1.81. The Morgan fingerprint density at radius 1 is 1.42 bits per heavy atom. The first-order valence-electron chi connectivity index (χ1n) is 5.91. The molecular weight excluding hydrogens is 329 g/mol. The second kappa shape index (κ2) is 6.30. The first-order chi connectivity index (χ1) is 9.13. The summed E-state index contributed by atoms with van der Waals surface area (Å²) in [5.41, 5.74) is 0.0532. The number of carbonyl (C=O) groups is 1. The van der Waals surface area contributed by atoms with Gasteiger partial charge in [0.1, 0.15) is 5.82 Å². The smallest absolute Gasteiger partial charge is 0.255 e. The molecule has 2 nitrogen and oxygen atoms in total. The van der Waals surface area contributed by atoms with Gasteiger partial charge in [0.15, 0.2) is 0 Å². The number of hydrogen-bond acceptors (Lipinski definition) is 2. The molecule has 1 atom stereocenters. The van der Waals surface area contributed by atoms with Crippen LogP contribution in [0.4, 0.5) is 4.39 Å². The maximum absolute atomic E-state index is 13.7. The SMILES string of the molecule is CCC(NC(=O)c1c(F)cccc1Br)c1cccs1. The van der Waals surface area contributed by atoms with Crippen LogP contribution in [0.5, 0.6) is 0 Å². The van der Waals surface area contributed by atoms with E-state index in [1.54, 1.807) is 23.5 Å². The Morgan fingerprint density at radius 2 is 2.21 bits per heavy atom. The molecule has 0 spiro atoms. The van der Waals surface area contributed by atoms with Crippen molar-refractivity contribution in [3.8, 4) is 0 Å². The maximum Gasteiger partial charge on any atom is 0.255 e. The molecule has 1 N–H and O–H groups in total. The van der Waals surface area contributed by atoms with Gasteiger partial charge in [0.2, 0.25) is 0 Å². The van der Waals surface area contributed by atoms with Crippen LogP contribution in [0.3, 0.4) is 0 Å². The monoisotopic (exact) mass is 341 g/mol. The van der Waals surface area contributed by atoms with E-state index in [-0.39, 0.29) is 11.6 Å². The van der Waals surface area contributed by atoms with Gasteiger partial charge in [0.05, 0.1) is 11.6 Å². The van der Waals surface area contributed by atoms with Crippen LogP contribution in [0.2, 0.25) is 0 Å². The van der Waals surface area contributed by atoms with Gasteiger partial charge in [-0.2, -0.15) is 0 Å². The third kappa shape index (κ3) is 3.22. The first-order valence-corrected chi connectivity index (χ1v) is 7.59. The predicted molar refractivity (Wildman–Crippen MR) is 78.9 cm³/mol. The van der Waals surface area contributed by atoms with Gasteiger partial charge in [-0.1, -0.05) is 19.1 Å². The molecular formula is C14H13BrFNOS. The van der Waals surface area contributed by atoms with Crippen LogP contribution in [0.1, 0.15) is 34.6 Å². The zero-order valence-corrected chi connectivity index (χ0v) is 12.7. The summed E-state index contributed by atoms with van der Waals surface area (Å²) in [6, 6.07) is 8.32. The molecule has 0 radical (unpaired) electrons. The van der Waals surface area contributed by atoms with E-state index < -0.39 is 11.7 Å². The Balaban J connectivity index is 2.21. The molecule has 0 aliphatic rings.